The molecular weight excluding hydrogens is 384 g/mol. The van der Waals surface area contributed by atoms with E-state index >= 15 is 0 Å². The number of phenols is 1. The van der Waals surface area contributed by atoms with Gasteiger partial charge < -0.3 is 37.4 Å². The Morgan fingerprint density at radius 1 is 1.07 bits per heavy atom. The van der Waals surface area contributed by atoms with E-state index in [1.54, 1.807) is 12.1 Å². The van der Waals surface area contributed by atoms with Gasteiger partial charge in [-0.1, -0.05) is 12.1 Å². The van der Waals surface area contributed by atoms with E-state index in [2.05, 4.69) is 10.6 Å². The van der Waals surface area contributed by atoms with E-state index < -0.39 is 47.9 Å². The third-order valence-electron chi connectivity index (χ3n) is 4.09. The summed E-state index contributed by atoms with van der Waals surface area (Å²) in [5.74, 6) is -3.74. The molecule has 0 saturated heterocycles. The van der Waals surface area contributed by atoms with Crippen molar-refractivity contribution in [2.75, 3.05) is 0 Å². The van der Waals surface area contributed by atoms with Crippen LogP contribution in [-0.4, -0.2) is 63.2 Å². The Morgan fingerprint density at radius 2 is 1.66 bits per heavy atom. The molecule has 1 rings (SSSR count). The van der Waals surface area contributed by atoms with Crippen LogP contribution in [0, 0.1) is 0 Å². The number of aliphatic carboxylic acids is 1. The normalized spacial score (nSPS) is 14.9. The minimum absolute atomic E-state index is 0.0573. The summed E-state index contributed by atoms with van der Waals surface area (Å²) in [6.07, 6.45) is -1.74. The van der Waals surface area contributed by atoms with E-state index in [0.717, 1.165) is 0 Å². The highest BCUT2D eigenvalue weighted by molar-refractivity contribution is 5.92. The summed E-state index contributed by atoms with van der Waals surface area (Å²) in [6.45, 7) is 1.25. The van der Waals surface area contributed by atoms with Gasteiger partial charge >= 0.3 is 5.97 Å². The zero-order valence-corrected chi connectivity index (χ0v) is 15.9. The maximum absolute atomic E-state index is 12.4. The number of carbonyl (C=O) groups excluding carboxylic acids is 3. The van der Waals surface area contributed by atoms with Gasteiger partial charge in [0.25, 0.3) is 0 Å². The van der Waals surface area contributed by atoms with Crippen LogP contribution in [0.25, 0.3) is 0 Å². The fourth-order valence-corrected chi connectivity index (χ4v) is 2.45. The Kier molecular flexibility index (Phi) is 9.03. The van der Waals surface area contributed by atoms with Gasteiger partial charge in [-0.3, -0.25) is 14.4 Å². The van der Waals surface area contributed by atoms with Gasteiger partial charge in [-0.25, -0.2) is 4.79 Å². The van der Waals surface area contributed by atoms with Crippen molar-refractivity contribution in [2.45, 2.75) is 50.4 Å². The fourth-order valence-electron chi connectivity index (χ4n) is 2.45. The van der Waals surface area contributed by atoms with E-state index in [4.69, 9.17) is 16.6 Å². The Bertz CT molecular complexity index is 736. The molecule has 11 nitrogen and oxygen atoms in total. The van der Waals surface area contributed by atoms with Gasteiger partial charge in [0.05, 0.1) is 12.1 Å². The third-order valence-corrected chi connectivity index (χ3v) is 4.09. The SMILES string of the molecule is CC(O)C(NC(=O)C(N)Cc1ccc(O)cc1)C(=O)NC(CCC(N)=O)C(=O)O. The number of aromatic hydroxyl groups is 1. The minimum Gasteiger partial charge on any atom is -0.508 e. The van der Waals surface area contributed by atoms with Crippen LogP contribution in [0.2, 0.25) is 0 Å². The number of aliphatic hydroxyl groups is 1. The molecule has 1 aromatic carbocycles. The number of hydrogen-bond acceptors (Lipinski definition) is 7. The van der Waals surface area contributed by atoms with E-state index in [9.17, 15) is 29.4 Å². The van der Waals surface area contributed by atoms with Gasteiger partial charge in [0.1, 0.15) is 17.8 Å². The van der Waals surface area contributed by atoms with E-state index in [1.165, 1.54) is 19.1 Å². The molecule has 0 heterocycles. The molecule has 0 aliphatic heterocycles. The first-order valence-electron chi connectivity index (χ1n) is 8.84. The van der Waals surface area contributed by atoms with Gasteiger partial charge in [0.15, 0.2) is 0 Å². The molecule has 0 fully saturated rings. The molecule has 29 heavy (non-hydrogen) atoms. The van der Waals surface area contributed by atoms with Gasteiger partial charge in [-0.15, -0.1) is 0 Å². The lowest BCUT2D eigenvalue weighted by Gasteiger charge is -2.24. The smallest absolute Gasteiger partial charge is 0.326 e. The van der Waals surface area contributed by atoms with Crippen LogP contribution in [0.5, 0.6) is 5.75 Å². The van der Waals surface area contributed by atoms with Crippen molar-refractivity contribution in [1.29, 1.82) is 0 Å². The van der Waals surface area contributed by atoms with Crippen molar-refractivity contribution in [3.8, 4) is 5.75 Å². The number of rotatable bonds is 11. The minimum atomic E-state index is -1.45. The second-order valence-electron chi connectivity index (χ2n) is 6.61. The first-order valence-corrected chi connectivity index (χ1v) is 8.84. The van der Waals surface area contributed by atoms with E-state index in [-0.39, 0.29) is 25.0 Å². The maximum atomic E-state index is 12.4. The molecule has 9 N–H and O–H groups in total. The van der Waals surface area contributed by atoms with Crippen LogP contribution in [0.4, 0.5) is 0 Å². The quantitative estimate of drug-likeness (QED) is 0.216. The van der Waals surface area contributed by atoms with Gasteiger partial charge in [0, 0.05) is 6.42 Å². The van der Waals surface area contributed by atoms with Crippen LogP contribution < -0.4 is 22.1 Å². The summed E-state index contributed by atoms with van der Waals surface area (Å²) >= 11 is 0. The molecule has 11 heteroatoms. The number of carboxylic acid groups (broad SMARTS) is 1. The summed E-state index contributed by atoms with van der Waals surface area (Å²) in [7, 11) is 0. The number of phenolic OH excluding ortho intramolecular Hbond substituents is 1. The molecule has 0 spiro atoms. The van der Waals surface area contributed by atoms with Crippen molar-refractivity contribution >= 4 is 23.7 Å². The summed E-state index contributed by atoms with van der Waals surface area (Å²) in [4.78, 5) is 46.8. The number of aliphatic hydroxyl groups excluding tert-OH is 1. The largest absolute Gasteiger partial charge is 0.508 e. The van der Waals surface area contributed by atoms with Crippen molar-refractivity contribution < 1.29 is 34.5 Å². The highest BCUT2D eigenvalue weighted by atomic mass is 16.4. The molecule has 1 aromatic rings. The monoisotopic (exact) mass is 410 g/mol. The molecule has 4 unspecified atom stereocenters. The first kappa shape index (κ1) is 23.9. The second-order valence-corrected chi connectivity index (χ2v) is 6.61. The number of hydrogen-bond donors (Lipinski definition) is 7. The average molecular weight is 410 g/mol. The molecule has 4 atom stereocenters. The van der Waals surface area contributed by atoms with Crippen LogP contribution in [0.15, 0.2) is 24.3 Å². The molecule has 0 aromatic heterocycles. The molecule has 3 amide bonds. The van der Waals surface area contributed by atoms with Crippen molar-refractivity contribution in [3.05, 3.63) is 29.8 Å². The number of nitrogens with two attached hydrogens (primary N) is 2. The van der Waals surface area contributed by atoms with E-state index in [0.29, 0.717) is 5.56 Å². The average Bonchev–Trinajstić information content (AvgIpc) is 2.63. The van der Waals surface area contributed by atoms with Gasteiger partial charge in [0.2, 0.25) is 17.7 Å². The Labute approximate surface area is 167 Å². The second kappa shape index (κ2) is 11.0. The molecular formula is C18H26N4O7. The standard InChI is InChI=1S/C18H26N4O7/c1-9(23)15(17(27)21-13(18(28)29)6-7-14(20)25)22-16(26)12(19)8-10-2-4-11(24)5-3-10/h2-5,9,12-13,15,23-24H,6-8,19H2,1H3,(H2,20,25)(H,21,27)(H,22,26)(H,28,29). The number of primary amides is 1. The predicted octanol–water partition coefficient (Wildman–Crippen LogP) is -2.04. The lowest BCUT2D eigenvalue weighted by molar-refractivity contribution is -0.143. The predicted molar refractivity (Wildman–Crippen MR) is 101 cm³/mol. The van der Waals surface area contributed by atoms with Crippen LogP contribution in [-0.2, 0) is 25.6 Å². The Hall–Kier alpha value is -3.18. The van der Waals surface area contributed by atoms with Crippen LogP contribution in [0.3, 0.4) is 0 Å². The van der Waals surface area contributed by atoms with Crippen molar-refractivity contribution in [2.24, 2.45) is 11.5 Å². The molecule has 0 saturated carbocycles. The van der Waals surface area contributed by atoms with Crippen LogP contribution in [0.1, 0.15) is 25.3 Å². The zero-order valence-electron chi connectivity index (χ0n) is 15.9. The fraction of sp³-hybridized carbons (Fsp3) is 0.444. The van der Waals surface area contributed by atoms with E-state index in [1.807, 2.05) is 0 Å². The highest BCUT2D eigenvalue weighted by Gasteiger charge is 2.31. The van der Waals surface area contributed by atoms with Crippen molar-refractivity contribution in [3.63, 3.8) is 0 Å². The molecule has 0 aliphatic rings. The maximum Gasteiger partial charge on any atom is 0.326 e. The molecule has 160 valence electrons. The number of amides is 3. The van der Waals surface area contributed by atoms with Gasteiger partial charge in [-0.2, -0.15) is 0 Å². The van der Waals surface area contributed by atoms with Crippen molar-refractivity contribution in [1.82, 2.24) is 10.6 Å². The summed E-state index contributed by atoms with van der Waals surface area (Å²) in [5.41, 5.74) is 11.5. The number of nitrogens with one attached hydrogen (secondary N) is 2. The zero-order chi connectivity index (χ0) is 22.1. The Balaban J connectivity index is 2.75. The number of carbonyl (C=O) groups is 4. The number of benzene rings is 1. The molecule has 0 bridgehead atoms. The van der Waals surface area contributed by atoms with Crippen LogP contribution >= 0.6 is 0 Å². The highest BCUT2D eigenvalue weighted by Crippen LogP contribution is 2.11. The lowest BCUT2D eigenvalue weighted by Crippen LogP contribution is -2.58. The van der Waals surface area contributed by atoms with Gasteiger partial charge in [-0.05, 0) is 37.5 Å². The molecule has 0 aliphatic carbocycles. The third kappa shape index (κ3) is 8.15. The summed E-state index contributed by atoms with van der Waals surface area (Å²) in [6, 6.07) is 2.10. The Morgan fingerprint density at radius 3 is 2.14 bits per heavy atom. The molecule has 0 radical (unpaired) electrons. The summed E-state index contributed by atoms with van der Waals surface area (Å²) in [5, 5.41) is 32.7. The topological polar surface area (TPSA) is 205 Å². The summed E-state index contributed by atoms with van der Waals surface area (Å²) < 4.78 is 0. The first-order chi connectivity index (χ1) is 13.5. The number of carboxylic acids is 1. The lowest BCUT2D eigenvalue weighted by atomic mass is 10.0.